The number of aromatic nitrogens is 2. The molecular weight excluding hydrogens is 186 g/mol. The molecule has 1 saturated carbocycles. The zero-order valence-corrected chi connectivity index (χ0v) is 8.33. The molecule has 13 heavy (non-hydrogen) atoms. The highest BCUT2D eigenvalue weighted by molar-refractivity contribution is 6.16. The van der Waals surface area contributed by atoms with Gasteiger partial charge in [-0.2, -0.15) is 0 Å². The molecule has 70 valence electrons. The summed E-state index contributed by atoms with van der Waals surface area (Å²) in [4.78, 5) is 10.7. The van der Waals surface area contributed by atoms with Gasteiger partial charge in [0, 0.05) is 13.1 Å². The molecule has 0 aromatic carbocycles. The maximum Gasteiger partial charge on any atom is 0.147 e. The monoisotopic (exact) mass is 197 g/mol. The minimum Gasteiger partial charge on any atom is -0.355 e. The molecule has 0 atom stereocenters. The average molecular weight is 198 g/mol. The number of rotatable bonds is 3. The Labute approximate surface area is 82.8 Å². The minimum atomic E-state index is 0.431. The van der Waals surface area contributed by atoms with Crippen molar-refractivity contribution in [3.63, 3.8) is 0 Å². The molecule has 3 nitrogen and oxygen atoms in total. The van der Waals surface area contributed by atoms with Crippen molar-refractivity contribution >= 4 is 17.4 Å². The molecule has 1 aliphatic carbocycles. The molecule has 1 aromatic rings. The Morgan fingerprint density at radius 3 is 2.69 bits per heavy atom. The van der Waals surface area contributed by atoms with Gasteiger partial charge in [-0.1, -0.05) is 0 Å². The van der Waals surface area contributed by atoms with E-state index in [0.29, 0.717) is 11.9 Å². The highest BCUT2D eigenvalue weighted by atomic mass is 35.5. The van der Waals surface area contributed by atoms with Gasteiger partial charge in [0.15, 0.2) is 0 Å². The lowest BCUT2D eigenvalue weighted by Crippen LogP contribution is -2.20. The van der Waals surface area contributed by atoms with Gasteiger partial charge in [0.1, 0.15) is 5.82 Å². The molecule has 0 saturated heterocycles. The van der Waals surface area contributed by atoms with Gasteiger partial charge in [-0.3, -0.25) is 4.98 Å². The predicted octanol–water partition coefficient (Wildman–Crippen LogP) is 1.81. The van der Waals surface area contributed by atoms with Crippen molar-refractivity contribution in [3.8, 4) is 0 Å². The molecule has 0 spiro atoms. The lowest BCUT2D eigenvalue weighted by molar-refractivity contribution is 0.879. The van der Waals surface area contributed by atoms with Crippen molar-refractivity contribution in [1.29, 1.82) is 0 Å². The van der Waals surface area contributed by atoms with Crippen LogP contribution in [0.25, 0.3) is 0 Å². The maximum absolute atomic E-state index is 5.62. The molecule has 0 N–H and O–H groups in total. The third-order valence-electron chi connectivity index (χ3n) is 2.28. The summed E-state index contributed by atoms with van der Waals surface area (Å²) in [6.07, 6.45) is 6.07. The summed E-state index contributed by atoms with van der Waals surface area (Å²) in [5, 5.41) is 0. The summed E-state index contributed by atoms with van der Waals surface area (Å²) in [5.74, 6) is 1.37. The van der Waals surface area contributed by atoms with E-state index in [4.69, 9.17) is 11.6 Å². The van der Waals surface area contributed by atoms with Crippen LogP contribution in [0, 0.1) is 0 Å². The lowest BCUT2D eigenvalue weighted by Gasteiger charge is -2.16. The van der Waals surface area contributed by atoms with E-state index in [-0.39, 0.29) is 0 Å². The van der Waals surface area contributed by atoms with Crippen LogP contribution in [-0.4, -0.2) is 23.1 Å². The van der Waals surface area contributed by atoms with Gasteiger partial charge in [-0.25, -0.2) is 4.98 Å². The second kappa shape index (κ2) is 3.50. The fourth-order valence-electron chi connectivity index (χ4n) is 1.25. The third kappa shape index (κ3) is 1.91. The molecule has 0 radical (unpaired) electrons. The summed E-state index contributed by atoms with van der Waals surface area (Å²) < 4.78 is 0. The van der Waals surface area contributed by atoms with E-state index in [1.54, 1.807) is 12.4 Å². The fraction of sp³-hybridized carbons (Fsp3) is 0.556. The van der Waals surface area contributed by atoms with Crippen LogP contribution in [-0.2, 0) is 5.88 Å². The number of anilines is 1. The minimum absolute atomic E-state index is 0.431. The van der Waals surface area contributed by atoms with E-state index in [1.807, 2.05) is 0 Å². The van der Waals surface area contributed by atoms with Crippen molar-refractivity contribution in [3.05, 3.63) is 18.1 Å². The van der Waals surface area contributed by atoms with E-state index < -0.39 is 0 Å². The van der Waals surface area contributed by atoms with Crippen molar-refractivity contribution in [2.24, 2.45) is 0 Å². The van der Waals surface area contributed by atoms with Crippen LogP contribution in [0.15, 0.2) is 12.4 Å². The molecule has 0 unspecified atom stereocenters. The molecule has 1 aliphatic rings. The molecule has 1 fully saturated rings. The first-order valence-corrected chi connectivity index (χ1v) is 4.94. The fourth-order valence-corrected chi connectivity index (χ4v) is 1.39. The lowest BCUT2D eigenvalue weighted by atomic mass is 10.5. The van der Waals surface area contributed by atoms with Crippen LogP contribution in [0.4, 0.5) is 5.82 Å². The van der Waals surface area contributed by atoms with Gasteiger partial charge in [0.25, 0.3) is 0 Å². The second-order valence-electron chi connectivity index (χ2n) is 3.34. The van der Waals surface area contributed by atoms with Crippen molar-refractivity contribution in [2.45, 2.75) is 24.8 Å². The third-order valence-corrected chi connectivity index (χ3v) is 2.56. The molecule has 0 bridgehead atoms. The molecule has 2 rings (SSSR count). The van der Waals surface area contributed by atoms with Crippen LogP contribution in [0.5, 0.6) is 0 Å². The van der Waals surface area contributed by atoms with E-state index in [1.165, 1.54) is 12.8 Å². The first-order valence-electron chi connectivity index (χ1n) is 4.41. The van der Waals surface area contributed by atoms with Gasteiger partial charge in [0.05, 0.1) is 24.0 Å². The van der Waals surface area contributed by atoms with Crippen molar-refractivity contribution in [2.75, 3.05) is 11.9 Å². The topological polar surface area (TPSA) is 29.0 Å². The highest BCUT2D eigenvalue weighted by Crippen LogP contribution is 2.28. The average Bonchev–Trinajstić information content (AvgIpc) is 3.00. The number of hydrogen-bond acceptors (Lipinski definition) is 3. The summed E-state index contributed by atoms with van der Waals surface area (Å²) in [7, 11) is 2.06. The van der Waals surface area contributed by atoms with Gasteiger partial charge in [-0.05, 0) is 12.8 Å². The van der Waals surface area contributed by atoms with Gasteiger partial charge in [0.2, 0.25) is 0 Å². The Hall–Kier alpha value is -0.830. The number of nitrogens with zero attached hydrogens (tertiary/aromatic N) is 3. The van der Waals surface area contributed by atoms with Crippen LogP contribution in [0.3, 0.4) is 0 Å². The summed E-state index contributed by atoms with van der Waals surface area (Å²) >= 11 is 5.62. The zero-order valence-electron chi connectivity index (χ0n) is 7.57. The van der Waals surface area contributed by atoms with Crippen LogP contribution in [0.1, 0.15) is 18.5 Å². The molecule has 0 amide bonds. The molecular formula is C9H12ClN3. The van der Waals surface area contributed by atoms with Gasteiger partial charge >= 0.3 is 0 Å². The van der Waals surface area contributed by atoms with Crippen LogP contribution >= 0.6 is 11.6 Å². The molecule has 1 heterocycles. The van der Waals surface area contributed by atoms with Gasteiger partial charge in [-0.15, -0.1) is 11.6 Å². The largest absolute Gasteiger partial charge is 0.355 e. The Balaban J connectivity index is 2.11. The normalized spacial score (nSPS) is 15.8. The first kappa shape index (κ1) is 8.75. The highest BCUT2D eigenvalue weighted by Gasteiger charge is 2.27. The Kier molecular flexibility index (Phi) is 2.36. The maximum atomic E-state index is 5.62. The van der Waals surface area contributed by atoms with Crippen molar-refractivity contribution in [1.82, 2.24) is 9.97 Å². The van der Waals surface area contributed by atoms with Crippen LogP contribution < -0.4 is 4.90 Å². The number of halogens is 1. The summed E-state index contributed by atoms with van der Waals surface area (Å²) in [5.41, 5.74) is 0.828. The van der Waals surface area contributed by atoms with Crippen molar-refractivity contribution < 1.29 is 0 Å². The van der Waals surface area contributed by atoms with E-state index in [0.717, 1.165) is 11.5 Å². The van der Waals surface area contributed by atoms with Crippen LogP contribution in [0.2, 0.25) is 0 Å². The second-order valence-corrected chi connectivity index (χ2v) is 3.61. The van der Waals surface area contributed by atoms with E-state index in [2.05, 4.69) is 21.9 Å². The first-order chi connectivity index (χ1) is 6.31. The quantitative estimate of drug-likeness (QED) is 0.693. The zero-order chi connectivity index (χ0) is 9.26. The van der Waals surface area contributed by atoms with E-state index in [9.17, 15) is 0 Å². The number of hydrogen-bond donors (Lipinski definition) is 0. The van der Waals surface area contributed by atoms with Gasteiger partial charge < -0.3 is 4.90 Å². The Bertz CT molecular complexity index is 281. The Morgan fingerprint density at radius 2 is 2.23 bits per heavy atom. The van der Waals surface area contributed by atoms with E-state index >= 15 is 0 Å². The predicted molar refractivity (Wildman–Crippen MR) is 53.0 cm³/mol. The molecule has 0 aliphatic heterocycles. The Morgan fingerprint density at radius 1 is 1.46 bits per heavy atom. The molecule has 4 heteroatoms. The standard InChI is InChI=1S/C9H12ClN3/c1-13(8-2-3-8)9-6-11-7(4-10)5-12-9/h5-6,8H,2-4H2,1H3. The summed E-state index contributed by atoms with van der Waals surface area (Å²) in [6.45, 7) is 0. The smallest absolute Gasteiger partial charge is 0.147 e. The number of alkyl halides is 1. The summed E-state index contributed by atoms with van der Waals surface area (Å²) in [6, 6.07) is 0.677. The molecule has 1 aromatic heterocycles. The SMILES string of the molecule is CN(c1cnc(CCl)cn1)C1CC1.